The Hall–Kier alpha value is -3.88. The number of carbonyl (C=O) groups is 2. The smallest absolute Gasteiger partial charge is 0.309 e. The van der Waals surface area contributed by atoms with Gasteiger partial charge in [0.1, 0.15) is 0 Å². The van der Waals surface area contributed by atoms with E-state index in [0.29, 0.717) is 34.4 Å². The molecule has 0 aliphatic carbocycles. The van der Waals surface area contributed by atoms with Gasteiger partial charge in [0.25, 0.3) is 5.56 Å². The lowest BCUT2D eigenvalue weighted by atomic mass is 10.1. The van der Waals surface area contributed by atoms with Gasteiger partial charge in [-0.2, -0.15) is 5.10 Å². The molecular weight excluding hydrogens is 388 g/mol. The molecular formula is C21H22N4O5. The summed E-state index contributed by atoms with van der Waals surface area (Å²) in [6.45, 7) is 0.292. The number of nitrogens with zero attached hydrogens (tertiary/aromatic N) is 1. The van der Waals surface area contributed by atoms with Gasteiger partial charge in [-0.15, -0.1) is 0 Å². The summed E-state index contributed by atoms with van der Waals surface area (Å²) in [5, 5.41) is 12.5. The van der Waals surface area contributed by atoms with Crippen LogP contribution in [0.15, 0.2) is 47.3 Å². The van der Waals surface area contributed by atoms with Gasteiger partial charge >= 0.3 is 11.8 Å². The van der Waals surface area contributed by atoms with Crippen LogP contribution in [0.1, 0.15) is 11.3 Å². The van der Waals surface area contributed by atoms with Crippen LogP contribution < -0.4 is 25.7 Å². The van der Waals surface area contributed by atoms with E-state index in [1.54, 1.807) is 44.6 Å². The summed E-state index contributed by atoms with van der Waals surface area (Å²) in [4.78, 5) is 35.9. The van der Waals surface area contributed by atoms with E-state index < -0.39 is 11.8 Å². The standard InChI is InChI=1S/C21H22N4O5/c1-29-17-8-7-13(11-18(17)30-2)9-10-22-20(27)21(28)23-12-16-14-5-3-4-6-15(14)19(26)25-24-16/h3-8,11H,9-10,12H2,1-2H3,(H,22,27)(H,23,28)(H,25,26). The van der Waals surface area contributed by atoms with Gasteiger partial charge in [-0.1, -0.05) is 24.3 Å². The molecule has 0 unspecified atom stereocenters. The molecule has 0 atom stereocenters. The number of hydrogen-bond acceptors (Lipinski definition) is 6. The Labute approximate surface area is 172 Å². The number of carbonyl (C=O) groups excluding carboxylic acids is 2. The quantitative estimate of drug-likeness (QED) is 0.498. The zero-order chi connectivity index (χ0) is 21.5. The SMILES string of the molecule is COc1ccc(CCNC(=O)C(=O)NCc2n[nH]c(=O)c3ccccc23)cc1OC. The molecule has 0 aliphatic heterocycles. The van der Waals surface area contributed by atoms with E-state index in [4.69, 9.17) is 9.47 Å². The molecule has 2 amide bonds. The Kier molecular flexibility index (Phi) is 6.63. The van der Waals surface area contributed by atoms with E-state index in [0.717, 1.165) is 5.56 Å². The van der Waals surface area contributed by atoms with Crippen molar-refractivity contribution in [2.75, 3.05) is 20.8 Å². The summed E-state index contributed by atoms with van der Waals surface area (Å²) < 4.78 is 10.4. The average molecular weight is 410 g/mol. The molecule has 3 aromatic rings. The van der Waals surface area contributed by atoms with E-state index in [-0.39, 0.29) is 18.6 Å². The lowest BCUT2D eigenvalue weighted by molar-refractivity contribution is -0.139. The summed E-state index contributed by atoms with van der Waals surface area (Å²) in [5.41, 5.74) is 1.09. The van der Waals surface area contributed by atoms with E-state index in [9.17, 15) is 14.4 Å². The van der Waals surface area contributed by atoms with Crippen LogP contribution in [0.3, 0.4) is 0 Å². The molecule has 0 spiro atoms. The molecule has 1 heterocycles. The van der Waals surface area contributed by atoms with Gasteiger partial charge in [0, 0.05) is 11.9 Å². The minimum atomic E-state index is -0.778. The number of fused-ring (bicyclic) bond motifs is 1. The fraction of sp³-hybridized carbons (Fsp3) is 0.238. The summed E-state index contributed by atoms with van der Waals surface area (Å²) in [7, 11) is 3.11. The Balaban J connectivity index is 1.53. The second-order valence-corrected chi connectivity index (χ2v) is 6.42. The maximum atomic E-state index is 12.1. The van der Waals surface area contributed by atoms with Crippen LogP contribution in [0.5, 0.6) is 11.5 Å². The normalized spacial score (nSPS) is 10.5. The van der Waals surface area contributed by atoms with Crippen LogP contribution in [0.25, 0.3) is 10.8 Å². The van der Waals surface area contributed by atoms with E-state index in [2.05, 4.69) is 20.8 Å². The minimum Gasteiger partial charge on any atom is -0.493 e. The monoisotopic (exact) mass is 410 g/mol. The number of rotatable bonds is 7. The van der Waals surface area contributed by atoms with E-state index in [1.165, 1.54) is 0 Å². The third-order valence-corrected chi connectivity index (χ3v) is 4.54. The van der Waals surface area contributed by atoms with Crippen molar-refractivity contribution in [1.29, 1.82) is 0 Å². The summed E-state index contributed by atoms with van der Waals surface area (Å²) in [6, 6.07) is 12.4. The van der Waals surface area contributed by atoms with Crippen LogP contribution >= 0.6 is 0 Å². The fourth-order valence-electron chi connectivity index (χ4n) is 2.99. The van der Waals surface area contributed by atoms with Gasteiger partial charge < -0.3 is 20.1 Å². The second-order valence-electron chi connectivity index (χ2n) is 6.42. The number of methoxy groups -OCH3 is 2. The number of ether oxygens (including phenoxy) is 2. The molecule has 3 N–H and O–H groups in total. The number of hydrogen-bond donors (Lipinski definition) is 3. The molecule has 0 fully saturated rings. The van der Waals surface area contributed by atoms with Crippen molar-refractivity contribution < 1.29 is 19.1 Å². The van der Waals surface area contributed by atoms with Crippen molar-refractivity contribution in [2.45, 2.75) is 13.0 Å². The first-order valence-electron chi connectivity index (χ1n) is 9.26. The molecule has 156 valence electrons. The Morgan fingerprint density at radius 2 is 1.67 bits per heavy atom. The molecule has 0 saturated carbocycles. The van der Waals surface area contributed by atoms with Gasteiger partial charge in [0.15, 0.2) is 11.5 Å². The molecule has 9 nitrogen and oxygen atoms in total. The lowest BCUT2D eigenvalue weighted by Gasteiger charge is -2.10. The van der Waals surface area contributed by atoms with Crippen molar-refractivity contribution in [2.24, 2.45) is 0 Å². The number of aromatic nitrogens is 2. The zero-order valence-corrected chi connectivity index (χ0v) is 16.7. The molecule has 0 saturated heterocycles. The fourth-order valence-corrected chi connectivity index (χ4v) is 2.99. The average Bonchev–Trinajstić information content (AvgIpc) is 2.78. The molecule has 2 aromatic carbocycles. The van der Waals surface area contributed by atoms with Crippen molar-refractivity contribution in [3.05, 3.63) is 64.1 Å². The molecule has 0 radical (unpaired) electrons. The van der Waals surface area contributed by atoms with Crippen molar-refractivity contribution in [3.8, 4) is 11.5 Å². The molecule has 0 bridgehead atoms. The highest BCUT2D eigenvalue weighted by molar-refractivity contribution is 6.35. The Bertz CT molecular complexity index is 1130. The minimum absolute atomic E-state index is 0.0131. The lowest BCUT2D eigenvalue weighted by Crippen LogP contribution is -2.40. The topological polar surface area (TPSA) is 122 Å². The van der Waals surface area contributed by atoms with Crippen LogP contribution in [0, 0.1) is 0 Å². The molecule has 1 aromatic heterocycles. The highest BCUT2D eigenvalue weighted by atomic mass is 16.5. The maximum absolute atomic E-state index is 12.1. The third-order valence-electron chi connectivity index (χ3n) is 4.54. The number of nitrogens with one attached hydrogen (secondary N) is 3. The number of benzene rings is 2. The summed E-state index contributed by atoms with van der Waals surface area (Å²) in [5.74, 6) is -0.309. The van der Waals surface area contributed by atoms with Crippen LogP contribution in [-0.4, -0.2) is 42.8 Å². The van der Waals surface area contributed by atoms with Gasteiger partial charge in [-0.25, -0.2) is 5.10 Å². The molecule has 3 rings (SSSR count). The largest absolute Gasteiger partial charge is 0.493 e. The third kappa shape index (κ3) is 4.75. The van der Waals surface area contributed by atoms with E-state index in [1.807, 2.05) is 12.1 Å². The summed E-state index contributed by atoms with van der Waals surface area (Å²) in [6.07, 6.45) is 0.519. The summed E-state index contributed by atoms with van der Waals surface area (Å²) >= 11 is 0. The highest BCUT2D eigenvalue weighted by Gasteiger charge is 2.14. The van der Waals surface area contributed by atoms with E-state index >= 15 is 0 Å². The highest BCUT2D eigenvalue weighted by Crippen LogP contribution is 2.27. The zero-order valence-electron chi connectivity index (χ0n) is 16.7. The Morgan fingerprint density at radius 3 is 2.40 bits per heavy atom. The molecule has 30 heavy (non-hydrogen) atoms. The van der Waals surface area contributed by atoms with Crippen LogP contribution in [0.2, 0.25) is 0 Å². The number of H-pyrrole nitrogens is 1. The van der Waals surface area contributed by atoms with Gasteiger partial charge in [-0.3, -0.25) is 14.4 Å². The predicted octanol–water partition coefficient (Wildman–Crippen LogP) is 0.915. The van der Waals surface area contributed by atoms with Gasteiger partial charge in [-0.05, 0) is 30.2 Å². The van der Waals surface area contributed by atoms with Gasteiger partial charge in [0.2, 0.25) is 0 Å². The first-order chi connectivity index (χ1) is 14.5. The number of amides is 2. The van der Waals surface area contributed by atoms with Gasteiger partial charge in [0.05, 0.1) is 31.8 Å². The maximum Gasteiger partial charge on any atom is 0.309 e. The number of aromatic amines is 1. The van der Waals surface area contributed by atoms with Crippen molar-refractivity contribution in [3.63, 3.8) is 0 Å². The van der Waals surface area contributed by atoms with Crippen molar-refractivity contribution in [1.82, 2.24) is 20.8 Å². The molecule has 9 heteroatoms. The molecule has 0 aliphatic rings. The van der Waals surface area contributed by atoms with Crippen LogP contribution in [0.4, 0.5) is 0 Å². The second kappa shape index (κ2) is 9.55. The van der Waals surface area contributed by atoms with Crippen molar-refractivity contribution >= 4 is 22.6 Å². The predicted molar refractivity (Wildman–Crippen MR) is 110 cm³/mol. The first kappa shape index (κ1) is 20.8. The van der Waals surface area contributed by atoms with Crippen LogP contribution in [-0.2, 0) is 22.6 Å². The first-order valence-corrected chi connectivity index (χ1v) is 9.26. The Morgan fingerprint density at radius 1 is 0.967 bits per heavy atom.